The van der Waals surface area contributed by atoms with E-state index in [2.05, 4.69) is 15.3 Å². The highest BCUT2D eigenvalue weighted by atomic mass is 19.4. The number of hydrogen-bond donors (Lipinski definition) is 2. The number of hydrogen-bond acceptors (Lipinski definition) is 4. The first-order valence-electron chi connectivity index (χ1n) is 10.6. The van der Waals surface area contributed by atoms with Crippen molar-refractivity contribution in [1.29, 1.82) is 0 Å². The van der Waals surface area contributed by atoms with Gasteiger partial charge in [0.1, 0.15) is 0 Å². The summed E-state index contributed by atoms with van der Waals surface area (Å²) >= 11 is 0. The Morgan fingerprint density at radius 2 is 1.84 bits per heavy atom. The molecule has 0 saturated carbocycles. The lowest BCUT2D eigenvalue weighted by Gasteiger charge is -2.23. The number of nitrogens with one attached hydrogen (secondary N) is 2. The van der Waals surface area contributed by atoms with Crippen LogP contribution in [-0.2, 0) is 10.9 Å². The third kappa shape index (κ3) is 4.41. The van der Waals surface area contributed by atoms with Gasteiger partial charge in [0.15, 0.2) is 0 Å². The topological polar surface area (TPSA) is 67.0 Å². The Hall–Kier alpha value is -3.13. The van der Waals surface area contributed by atoms with Gasteiger partial charge in [-0.25, -0.2) is 4.79 Å². The van der Waals surface area contributed by atoms with Gasteiger partial charge in [-0.05, 0) is 68.2 Å². The Balaban J connectivity index is 1.98. The van der Waals surface area contributed by atoms with Gasteiger partial charge in [-0.1, -0.05) is 12.1 Å². The van der Waals surface area contributed by atoms with Crippen molar-refractivity contribution >= 4 is 5.97 Å². The zero-order valence-corrected chi connectivity index (χ0v) is 17.6. The number of carbonyl (C=O) groups is 1. The van der Waals surface area contributed by atoms with Gasteiger partial charge in [0.2, 0.25) is 0 Å². The fourth-order valence-electron chi connectivity index (χ4n) is 4.23. The van der Waals surface area contributed by atoms with Gasteiger partial charge in [0.05, 0.1) is 23.4 Å². The molecule has 0 unspecified atom stereocenters. The van der Waals surface area contributed by atoms with E-state index < -0.39 is 17.7 Å². The Morgan fingerprint density at radius 1 is 1.12 bits per heavy atom. The number of rotatable bonds is 5. The summed E-state index contributed by atoms with van der Waals surface area (Å²) in [7, 11) is 0. The zero-order valence-electron chi connectivity index (χ0n) is 17.6. The maximum absolute atomic E-state index is 13.4. The number of alkyl halides is 3. The van der Waals surface area contributed by atoms with Crippen LogP contribution in [0.1, 0.15) is 47.3 Å². The molecule has 32 heavy (non-hydrogen) atoms. The number of halogens is 3. The first kappa shape index (κ1) is 22.1. The fourth-order valence-corrected chi connectivity index (χ4v) is 4.23. The van der Waals surface area contributed by atoms with E-state index in [9.17, 15) is 18.0 Å². The molecule has 168 valence electrons. The lowest BCUT2D eigenvalue weighted by molar-refractivity contribution is -0.137. The van der Waals surface area contributed by atoms with Crippen LogP contribution in [0.3, 0.4) is 0 Å². The third-order valence-electron chi connectivity index (χ3n) is 5.70. The van der Waals surface area contributed by atoms with Crippen molar-refractivity contribution < 1.29 is 22.7 Å². The molecule has 0 amide bonds. The maximum Gasteiger partial charge on any atom is 0.416 e. The molecule has 1 aliphatic rings. The average molecular weight is 443 g/mol. The summed E-state index contributed by atoms with van der Waals surface area (Å²) in [6, 6.07) is 8.64. The van der Waals surface area contributed by atoms with Crippen molar-refractivity contribution in [2.75, 3.05) is 19.7 Å². The number of aromatic nitrogens is 2. The second kappa shape index (κ2) is 9.16. The average Bonchev–Trinajstić information content (AvgIpc) is 3.21. The molecule has 1 saturated heterocycles. The molecule has 3 heterocycles. The van der Waals surface area contributed by atoms with E-state index in [-0.39, 0.29) is 12.5 Å². The molecular weight excluding hydrogens is 419 g/mol. The second-order valence-electron chi connectivity index (χ2n) is 7.72. The van der Waals surface area contributed by atoms with Crippen molar-refractivity contribution in [2.45, 2.75) is 31.9 Å². The minimum absolute atomic E-state index is 0.0655. The molecular formula is C24H24F3N3O2. The summed E-state index contributed by atoms with van der Waals surface area (Å²) < 4.78 is 45.6. The van der Waals surface area contributed by atoms with Crippen LogP contribution in [0.4, 0.5) is 13.2 Å². The summed E-state index contributed by atoms with van der Waals surface area (Å²) in [6.07, 6.45) is 0.339. The highest BCUT2D eigenvalue weighted by Gasteiger charge is 2.33. The van der Waals surface area contributed by atoms with Crippen molar-refractivity contribution in [3.63, 3.8) is 0 Å². The van der Waals surface area contributed by atoms with Gasteiger partial charge < -0.3 is 15.0 Å². The van der Waals surface area contributed by atoms with E-state index in [1.807, 2.05) is 0 Å². The Kier molecular flexibility index (Phi) is 6.32. The van der Waals surface area contributed by atoms with Crippen molar-refractivity contribution in [1.82, 2.24) is 15.3 Å². The molecule has 0 spiro atoms. The highest BCUT2D eigenvalue weighted by molar-refractivity contribution is 6.03. The van der Waals surface area contributed by atoms with Crippen LogP contribution < -0.4 is 5.32 Å². The van der Waals surface area contributed by atoms with E-state index >= 15 is 0 Å². The molecule has 0 aliphatic carbocycles. The second-order valence-corrected chi connectivity index (χ2v) is 7.72. The largest absolute Gasteiger partial charge is 0.462 e. The van der Waals surface area contributed by atoms with E-state index in [0.29, 0.717) is 33.6 Å². The first-order chi connectivity index (χ1) is 15.4. The molecule has 0 atom stereocenters. The number of nitrogens with zero attached hydrogens (tertiary/aromatic N) is 1. The molecule has 0 radical (unpaired) electrons. The van der Waals surface area contributed by atoms with E-state index in [1.54, 1.807) is 37.5 Å². The normalized spacial score (nSPS) is 15.0. The molecule has 5 nitrogen and oxygen atoms in total. The Bertz CT molecular complexity index is 1090. The SMILES string of the molecule is CCOC(=O)c1c(C2CCNCC2)[nH]c(-c2cccc(C(F)(F)F)c2)c1-c1ccncc1. The van der Waals surface area contributed by atoms with Crippen molar-refractivity contribution in [3.05, 3.63) is 65.6 Å². The Morgan fingerprint density at radius 3 is 2.50 bits per heavy atom. The van der Waals surface area contributed by atoms with Crippen LogP contribution in [0.2, 0.25) is 0 Å². The van der Waals surface area contributed by atoms with Crippen LogP contribution in [0, 0.1) is 0 Å². The maximum atomic E-state index is 13.4. The number of pyridine rings is 1. The summed E-state index contributed by atoms with van der Waals surface area (Å²) in [5, 5.41) is 3.30. The number of benzene rings is 1. The third-order valence-corrected chi connectivity index (χ3v) is 5.70. The number of piperidine rings is 1. The fraction of sp³-hybridized carbons (Fsp3) is 0.333. The van der Waals surface area contributed by atoms with Crippen LogP contribution in [-0.4, -0.2) is 35.6 Å². The first-order valence-corrected chi connectivity index (χ1v) is 10.6. The van der Waals surface area contributed by atoms with Gasteiger partial charge in [-0.2, -0.15) is 13.2 Å². The summed E-state index contributed by atoms with van der Waals surface area (Å²) in [5.74, 6) is -0.418. The van der Waals surface area contributed by atoms with Crippen LogP contribution in [0.15, 0.2) is 48.8 Å². The number of aromatic amines is 1. The molecule has 8 heteroatoms. The van der Waals surface area contributed by atoms with Crippen LogP contribution in [0.5, 0.6) is 0 Å². The smallest absolute Gasteiger partial charge is 0.416 e. The van der Waals surface area contributed by atoms with E-state index in [0.717, 1.165) is 38.1 Å². The molecule has 1 aliphatic heterocycles. The van der Waals surface area contributed by atoms with Crippen LogP contribution >= 0.6 is 0 Å². The molecule has 2 N–H and O–H groups in total. The minimum atomic E-state index is -4.47. The number of H-pyrrole nitrogens is 1. The minimum Gasteiger partial charge on any atom is -0.462 e. The predicted octanol–water partition coefficient (Wildman–Crippen LogP) is 5.41. The van der Waals surface area contributed by atoms with Gasteiger partial charge >= 0.3 is 12.1 Å². The van der Waals surface area contributed by atoms with Gasteiger partial charge in [0, 0.05) is 29.6 Å². The zero-order chi connectivity index (χ0) is 22.7. The number of esters is 1. The molecule has 4 rings (SSSR count). The molecule has 3 aromatic rings. The van der Waals surface area contributed by atoms with Gasteiger partial charge in [0.25, 0.3) is 0 Å². The van der Waals surface area contributed by atoms with Gasteiger partial charge in [-0.3, -0.25) is 4.98 Å². The quantitative estimate of drug-likeness (QED) is 0.518. The van der Waals surface area contributed by atoms with E-state index in [1.165, 1.54) is 6.07 Å². The highest BCUT2D eigenvalue weighted by Crippen LogP contribution is 2.42. The van der Waals surface area contributed by atoms with Crippen LogP contribution in [0.25, 0.3) is 22.4 Å². The summed E-state index contributed by atoms with van der Waals surface area (Å²) in [6.45, 7) is 3.53. The van der Waals surface area contributed by atoms with Crippen molar-refractivity contribution in [2.24, 2.45) is 0 Å². The number of carbonyl (C=O) groups excluding carboxylic acids is 1. The lowest BCUT2D eigenvalue weighted by atomic mass is 9.89. The molecule has 2 aromatic heterocycles. The Labute approximate surface area is 184 Å². The summed E-state index contributed by atoms with van der Waals surface area (Å²) in [5.41, 5.74) is 2.41. The standard InChI is InChI=1S/C24H24F3N3O2/c1-2-32-23(31)20-19(15-6-10-28-11-7-15)22(30-21(20)16-8-12-29-13-9-16)17-4-3-5-18(14-17)24(25,26)27/h3-7,10-11,14,16,29-30H,2,8-9,12-13H2,1H3. The van der Waals surface area contributed by atoms with Gasteiger partial charge in [-0.15, -0.1) is 0 Å². The molecule has 0 bridgehead atoms. The monoisotopic (exact) mass is 443 g/mol. The lowest BCUT2D eigenvalue weighted by Crippen LogP contribution is -2.27. The summed E-state index contributed by atoms with van der Waals surface area (Å²) in [4.78, 5) is 20.5. The molecule has 1 aromatic carbocycles. The van der Waals surface area contributed by atoms with E-state index in [4.69, 9.17) is 4.74 Å². The van der Waals surface area contributed by atoms with Crippen molar-refractivity contribution in [3.8, 4) is 22.4 Å². The number of ether oxygens (including phenoxy) is 1. The molecule has 1 fully saturated rings. The predicted molar refractivity (Wildman–Crippen MR) is 115 cm³/mol.